The third-order valence-electron chi connectivity index (χ3n) is 4.21. The van der Waals surface area contributed by atoms with Gasteiger partial charge in [0.25, 0.3) is 5.91 Å². The molecule has 0 bridgehead atoms. The SMILES string of the molecule is Cn1cncc1C(=O)NC1CCCN(c2ccc(C(F)(F)F)nc2)C1. The standard InChI is InChI=1S/C16H18F3N5O/c1-23-10-20-8-13(23)15(25)22-11-3-2-6-24(9-11)12-4-5-14(21-7-12)16(17,18)19/h4-5,7-8,10-11H,2-3,6,9H2,1H3,(H,22,25). The number of nitrogens with zero attached hydrogens (tertiary/aromatic N) is 4. The Hall–Kier alpha value is -2.58. The van der Waals surface area contributed by atoms with Gasteiger partial charge in [0, 0.05) is 26.2 Å². The number of carbonyl (C=O) groups is 1. The van der Waals surface area contributed by atoms with Gasteiger partial charge in [0.05, 0.1) is 24.4 Å². The molecule has 0 spiro atoms. The highest BCUT2D eigenvalue weighted by atomic mass is 19.4. The van der Waals surface area contributed by atoms with Gasteiger partial charge in [0.2, 0.25) is 0 Å². The Labute approximate surface area is 142 Å². The number of carbonyl (C=O) groups excluding carboxylic acids is 1. The summed E-state index contributed by atoms with van der Waals surface area (Å²) >= 11 is 0. The molecule has 1 atom stereocenters. The number of pyridine rings is 1. The quantitative estimate of drug-likeness (QED) is 0.919. The molecule has 1 saturated heterocycles. The summed E-state index contributed by atoms with van der Waals surface area (Å²) in [6, 6.07) is 2.31. The lowest BCUT2D eigenvalue weighted by molar-refractivity contribution is -0.141. The highest BCUT2D eigenvalue weighted by Gasteiger charge is 2.32. The van der Waals surface area contributed by atoms with E-state index in [9.17, 15) is 18.0 Å². The van der Waals surface area contributed by atoms with Crippen LogP contribution in [0.15, 0.2) is 30.9 Å². The van der Waals surface area contributed by atoms with Crippen molar-refractivity contribution in [2.45, 2.75) is 25.1 Å². The Morgan fingerprint density at radius 3 is 2.72 bits per heavy atom. The van der Waals surface area contributed by atoms with Crippen LogP contribution < -0.4 is 10.2 Å². The molecule has 25 heavy (non-hydrogen) atoms. The normalized spacial score (nSPS) is 18.2. The van der Waals surface area contributed by atoms with Gasteiger partial charge in [0.15, 0.2) is 0 Å². The van der Waals surface area contributed by atoms with Crippen molar-refractivity contribution in [2.75, 3.05) is 18.0 Å². The number of nitrogens with one attached hydrogen (secondary N) is 1. The second-order valence-electron chi connectivity index (χ2n) is 6.05. The molecule has 6 nitrogen and oxygen atoms in total. The summed E-state index contributed by atoms with van der Waals surface area (Å²) in [5, 5.41) is 2.96. The first-order valence-corrected chi connectivity index (χ1v) is 7.90. The van der Waals surface area contributed by atoms with Crippen LogP contribution >= 0.6 is 0 Å². The van der Waals surface area contributed by atoms with Crippen molar-refractivity contribution in [3.8, 4) is 0 Å². The molecular formula is C16H18F3N5O. The molecule has 0 aromatic carbocycles. The zero-order valence-electron chi connectivity index (χ0n) is 13.6. The van der Waals surface area contributed by atoms with Crippen molar-refractivity contribution in [1.82, 2.24) is 19.9 Å². The number of anilines is 1. The molecule has 1 amide bonds. The Bertz CT molecular complexity index is 741. The molecule has 0 aliphatic carbocycles. The maximum atomic E-state index is 12.6. The number of aryl methyl sites for hydroxylation is 1. The summed E-state index contributed by atoms with van der Waals surface area (Å²) < 4.78 is 39.4. The molecule has 2 aromatic rings. The summed E-state index contributed by atoms with van der Waals surface area (Å²) in [6.45, 7) is 1.24. The van der Waals surface area contributed by atoms with Crippen molar-refractivity contribution < 1.29 is 18.0 Å². The maximum absolute atomic E-state index is 12.6. The largest absolute Gasteiger partial charge is 0.433 e. The number of aromatic nitrogens is 3. The Kier molecular flexibility index (Phi) is 4.65. The molecule has 1 N–H and O–H groups in total. The molecule has 1 aliphatic rings. The molecular weight excluding hydrogens is 335 g/mol. The average Bonchev–Trinajstić information content (AvgIpc) is 3.01. The fourth-order valence-electron chi connectivity index (χ4n) is 2.91. The van der Waals surface area contributed by atoms with Gasteiger partial charge >= 0.3 is 6.18 Å². The van der Waals surface area contributed by atoms with Crippen LogP contribution in [0.2, 0.25) is 0 Å². The van der Waals surface area contributed by atoms with Gasteiger partial charge in [-0.15, -0.1) is 0 Å². The van der Waals surface area contributed by atoms with E-state index in [-0.39, 0.29) is 11.9 Å². The van der Waals surface area contributed by atoms with Gasteiger partial charge in [-0.2, -0.15) is 13.2 Å². The third-order valence-corrected chi connectivity index (χ3v) is 4.21. The number of rotatable bonds is 3. The van der Waals surface area contributed by atoms with Crippen LogP contribution in [0.4, 0.5) is 18.9 Å². The van der Waals surface area contributed by atoms with Crippen LogP contribution in [-0.4, -0.2) is 39.6 Å². The fraction of sp³-hybridized carbons (Fsp3) is 0.438. The van der Waals surface area contributed by atoms with E-state index in [1.54, 1.807) is 17.9 Å². The van der Waals surface area contributed by atoms with Gasteiger partial charge in [-0.25, -0.2) is 9.97 Å². The number of amides is 1. The average molecular weight is 353 g/mol. The van der Waals surface area contributed by atoms with Gasteiger partial charge in [-0.05, 0) is 25.0 Å². The maximum Gasteiger partial charge on any atom is 0.433 e. The van der Waals surface area contributed by atoms with E-state index in [4.69, 9.17) is 0 Å². The Balaban J connectivity index is 1.65. The Morgan fingerprint density at radius 1 is 1.32 bits per heavy atom. The number of halogens is 3. The molecule has 9 heteroatoms. The molecule has 3 rings (SSSR count). The second kappa shape index (κ2) is 6.73. The second-order valence-corrected chi connectivity index (χ2v) is 6.05. The molecule has 1 unspecified atom stereocenters. The van der Waals surface area contributed by atoms with Crippen LogP contribution in [0.1, 0.15) is 29.0 Å². The van der Waals surface area contributed by atoms with Crippen molar-refractivity contribution in [2.24, 2.45) is 7.05 Å². The monoisotopic (exact) mass is 353 g/mol. The first-order valence-electron chi connectivity index (χ1n) is 7.90. The van der Waals surface area contributed by atoms with Gasteiger partial charge in [-0.3, -0.25) is 4.79 Å². The smallest absolute Gasteiger partial charge is 0.368 e. The minimum Gasteiger partial charge on any atom is -0.368 e. The lowest BCUT2D eigenvalue weighted by Gasteiger charge is -2.34. The topological polar surface area (TPSA) is 63.1 Å². The van der Waals surface area contributed by atoms with Crippen LogP contribution in [0.5, 0.6) is 0 Å². The van der Waals surface area contributed by atoms with Crippen molar-refractivity contribution in [1.29, 1.82) is 0 Å². The first-order chi connectivity index (χ1) is 11.8. The Morgan fingerprint density at radius 2 is 2.12 bits per heavy atom. The first kappa shape index (κ1) is 17.2. The van der Waals surface area contributed by atoms with Crippen molar-refractivity contribution in [3.63, 3.8) is 0 Å². The molecule has 3 heterocycles. The number of alkyl halides is 3. The van der Waals surface area contributed by atoms with Gasteiger partial charge in [-0.1, -0.05) is 0 Å². The van der Waals surface area contributed by atoms with Crippen LogP contribution in [0, 0.1) is 0 Å². The highest BCUT2D eigenvalue weighted by Crippen LogP contribution is 2.29. The summed E-state index contributed by atoms with van der Waals surface area (Å²) in [7, 11) is 1.74. The predicted octanol–water partition coefficient (Wildman–Crippen LogP) is 2.23. The molecule has 2 aromatic heterocycles. The van der Waals surface area contributed by atoms with E-state index in [1.807, 2.05) is 4.90 Å². The van der Waals surface area contributed by atoms with Crippen molar-refractivity contribution >= 4 is 11.6 Å². The minimum atomic E-state index is -4.44. The number of imidazole rings is 1. The molecule has 0 saturated carbocycles. The predicted molar refractivity (Wildman–Crippen MR) is 85.1 cm³/mol. The van der Waals surface area contributed by atoms with E-state index < -0.39 is 11.9 Å². The van der Waals surface area contributed by atoms with Crippen molar-refractivity contribution in [3.05, 3.63) is 42.2 Å². The zero-order valence-corrected chi connectivity index (χ0v) is 13.6. The summed E-state index contributed by atoms with van der Waals surface area (Å²) in [5.74, 6) is -0.211. The lowest BCUT2D eigenvalue weighted by atomic mass is 10.0. The molecule has 0 radical (unpaired) electrons. The number of piperidine rings is 1. The van der Waals surface area contributed by atoms with Crippen LogP contribution in [0.3, 0.4) is 0 Å². The fourth-order valence-corrected chi connectivity index (χ4v) is 2.91. The zero-order chi connectivity index (χ0) is 18.0. The van der Waals surface area contributed by atoms with Crippen LogP contribution in [-0.2, 0) is 13.2 Å². The van der Waals surface area contributed by atoms with E-state index >= 15 is 0 Å². The van der Waals surface area contributed by atoms with Crippen LogP contribution in [0.25, 0.3) is 0 Å². The third kappa shape index (κ3) is 3.92. The summed E-state index contributed by atoms with van der Waals surface area (Å²) in [4.78, 5) is 21.6. The minimum absolute atomic E-state index is 0.0848. The van der Waals surface area contributed by atoms with E-state index in [0.29, 0.717) is 24.5 Å². The van der Waals surface area contributed by atoms with E-state index in [1.165, 1.54) is 18.5 Å². The lowest BCUT2D eigenvalue weighted by Crippen LogP contribution is -2.48. The van der Waals surface area contributed by atoms with Gasteiger partial charge < -0.3 is 14.8 Å². The van der Waals surface area contributed by atoms with E-state index in [2.05, 4.69) is 15.3 Å². The molecule has 1 aliphatic heterocycles. The number of hydrogen-bond donors (Lipinski definition) is 1. The van der Waals surface area contributed by atoms with E-state index in [0.717, 1.165) is 18.9 Å². The molecule has 1 fully saturated rings. The number of hydrogen-bond acceptors (Lipinski definition) is 4. The summed E-state index contributed by atoms with van der Waals surface area (Å²) in [5.41, 5.74) is 0.176. The molecule has 134 valence electrons. The summed E-state index contributed by atoms with van der Waals surface area (Å²) in [6.07, 6.45) is 1.48. The van der Waals surface area contributed by atoms with Gasteiger partial charge in [0.1, 0.15) is 11.4 Å². The highest BCUT2D eigenvalue weighted by molar-refractivity contribution is 5.92.